The average molecular weight is 207 g/mol. The molecule has 84 valence electrons. The lowest BCUT2D eigenvalue weighted by Gasteiger charge is -2.20. The highest BCUT2D eigenvalue weighted by Crippen LogP contribution is 2.29. The summed E-state index contributed by atoms with van der Waals surface area (Å²) in [6, 6.07) is 4.34. The van der Waals surface area contributed by atoms with Crippen molar-refractivity contribution in [1.82, 2.24) is 5.32 Å². The number of hydrogen-bond acceptors (Lipinski definition) is 2. The summed E-state index contributed by atoms with van der Waals surface area (Å²) in [6.45, 7) is 6.69. The monoisotopic (exact) mass is 207 g/mol. The van der Waals surface area contributed by atoms with Crippen LogP contribution >= 0.6 is 0 Å². The van der Waals surface area contributed by atoms with Crippen molar-refractivity contribution in [2.75, 3.05) is 13.1 Å². The molecule has 2 nitrogen and oxygen atoms in total. The second-order valence-electron chi connectivity index (χ2n) is 4.57. The highest BCUT2D eigenvalue weighted by Gasteiger charge is 2.19. The molecule has 2 heteroatoms. The van der Waals surface area contributed by atoms with Gasteiger partial charge in [-0.25, -0.2) is 0 Å². The third-order valence-corrected chi connectivity index (χ3v) is 3.49. The number of piperidine rings is 1. The van der Waals surface area contributed by atoms with Gasteiger partial charge in [-0.3, -0.25) is 0 Å². The van der Waals surface area contributed by atoms with Crippen LogP contribution in [0.1, 0.15) is 56.5 Å². The van der Waals surface area contributed by atoms with E-state index in [9.17, 15) is 0 Å². The van der Waals surface area contributed by atoms with E-state index in [2.05, 4.69) is 31.3 Å². The lowest BCUT2D eigenvalue weighted by Crippen LogP contribution is -2.26. The van der Waals surface area contributed by atoms with Crippen LogP contribution in [0.15, 0.2) is 16.5 Å². The van der Waals surface area contributed by atoms with E-state index >= 15 is 0 Å². The van der Waals surface area contributed by atoms with Gasteiger partial charge in [0.05, 0.1) is 0 Å². The first kappa shape index (κ1) is 10.7. The van der Waals surface area contributed by atoms with Crippen LogP contribution in [0.4, 0.5) is 0 Å². The predicted molar refractivity (Wildman–Crippen MR) is 62.3 cm³/mol. The van der Waals surface area contributed by atoms with Gasteiger partial charge in [-0.1, -0.05) is 13.8 Å². The molecular weight excluding hydrogens is 186 g/mol. The van der Waals surface area contributed by atoms with Gasteiger partial charge in [-0.05, 0) is 44.5 Å². The molecule has 0 saturated carbocycles. The minimum absolute atomic E-state index is 0.556. The quantitative estimate of drug-likeness (QED) is 0.823. The Hall–Kier alpha value is -0.760. The first-order valence-electron chi connectivity index (χ1n) is 6.11. The second-order valence-corrected chi connectivity index (χ2v) is 4.57. The molecular formula is C13H21NO. The van der Waals surface area contributed by atoms with E-state index in [0.717, 1.165) is 25.3 Å². The molecule has 1 atom stereocenters. The fourth-order valence-electron chi connectivity index (χ4n) is 2.16. The van der Waals surface area contributed by atoms with E-state index in [1.165, 1.54) is 18.6 Å². The van der Waals surface area contributed by atoms with E-state index in [1.54, 1.807) is 0 Å². The van der Waals surface area contributed by atoms with Crippen molar-refractivity contribution in [2.24, 2.45) is 0 Å². The Balaban J connectivity index is 2.05. The van der Waals surface area contributed by atoms with Gasteiger partial charge in [0.2, 0.25) is 0 Å². The highest BCUT2D eigenvalue weighted by atomic mass is 16.3. The van der Waals surface area contributed by atoms with Crippen molar-refractivity contribution in [3.63, 3.8) is 0 Å². The van der Waals surface area contributed by atoms with Crippen LogP contribution in [0, 0.1) is 0 Å². The average Bonchev–Trinajstić information content (AvgIpc) is 2.78. The predicted octanol–water partition coefficient (Wildman–Crippen LogP) is 3.26. The Morgan fingerprint density at radius 1 is 1.40 bits per heavy atom. The topological polar surface area (TPSA) is 25.2 Å². The number of nitrogens with one attached hydrogen (secondary N) is 1. The van der Waals surface area contributed by atoms with E-state index in [0.29, 0.717) is 11.8 Å². The molecule has 0 spiro atoms. The molecule has 0 aromatic carbocycles. The summed E-state index contributed by atoms with van der Waals surface area (Å²) >= 11 is 0. The summed E-state index contributed by atoms with van der Waals surface area (Å²) in [5, 5.41) is 3.38. The fraction of sp³-hybridized carbons (Fsp3) is 0.692. The van der Waals surface area contributed by atoms with Crippen molar-refractivity contribution >= 4 is 0 Å². The smallest absolute Gasteiger partial charge is 0.107 e. The highest BCUT2D eigenvalue weighted by molar-refractivity contribution is 5.14. The van der Waals surface area contributed by atoms with E-state index in [-0.39, 0.29) is 0 Å². The van der Waals surface area contributed by atoms with Gasteiger partial charge in [-0.2, -0.15) is 0 Å². The molecule has 1 N–H and O–H groups in total. The summed E-state index contributed by atoms with van der Waals surface area (Å²) in [6.07, 6.45) is 3.58. The van der Waals surface area contributed by atoms with E-state index in [1.807, 2.05) is 0 Å². The molecule has 0 amide bonds. The molecule has 1 aromatic heterocycles. The van der Waals surface area contributed by atoms with E-state index in [4.69, 9.17) is 4.42 Å². The molecule has 1 aromatic rings. The van der Waals surface area contributed by atoms with Gasteiger partial charge in [0.15, 0.2) is 0 Å². The first-order valence-corrected chi connectivity index (χ1v) is 6.11. The lowest BCUT2D eigenvalue weighted by molar-refractivity contribution is 0.361. The molecule has 0 aliphatic carbocycles. The molecule has 2 rings (SSSR count). The molecule has 1 unspecified atom stereocenters. The Labute approximate surface area is 92.1 Å². The van der Waals surface area contributed by atoms with Crippen LogP contribution in [0.25, 0.3) is 0 Å². The van der Waals surface area contributed by atoms with Crippen molar-refractivity contribution in [2.45, 2.75) is 44.9 Å². The minimum atomic E-state index is 0.556. The maximum atomic E-state index is 5.95. The van der Waals surface area contributed by atoms with Crippen molar-refractivity contribution in [1.29, 1.82) is 0 Å². The van der Waals surface area contributed by atoms with Gasteiger partial charge >= 0.3 is 0 Å². The maximum absolute atomic E-state index is 5.95. The van der Waals surface area contributed by atoms with Crippen LogP contribution in [0.2, 0.25) is 0 Å². The van der Waals surface area contributed by atoms with Gasteiger partial charge in [0, 0.05) is 11.8 Å². The Kier molecular flexibility index (Phi) is 3.47. The molecule has 15 heavy (non-hydrogen) atoms. The normalized spacial score (nSPS) is 20.4. The van der Waals surface area contributed by atoms with Gasteiger partial charge in [-0.15, -0.1) is 0 Å². The van der Waals surface area contributed by atoms with Gasteiger partial charge in [0.1, 0.15) is 11.5 Å². The molecule has 1 saturated heterocycles. The SMILES string of the molecule is CCC(C)c1ccc(C2CCNCC2)o1. The van der Waals surface area contributed by atoms with Crippen LogP contribution < -0.4 is 5.32 Å². The molecule has 1 fully saturated rings. The van der Waals surface area contributed by atoms with Crippen molar-refractivity contribution in [3.05, 3.63) is 23.7 Å². The first-order chi connectivity index (χ1) is 7.31. The molecule has 1 aliphatic heterocycles. The zero-order chi connectivity index (χ0) is 10.7. The van der Waals surface area contributed by atoms with Crippen LogP contribution in [-0.4, -0.2) is 13.1 Å². The Morgan fingerprint density at radius 2 is 2.13 bits per heavy atom. The van der Waals surface area contributed by atoms with Crippen molar-refractivity contribution < 1.29 is 4.42 Å². The standard InChI is InChI=1S/C13H21NO/c1-3-10(2)12-4-5-13(15-12)11-6-8-14-9-7-11/h4-5,10-11,14H,3,6-9H2,1-2H3. The summed E-state index contributed by atoms with van der Waals surface area (Å²) in [7, 11) is 0. The largest absolute Gasteiger partial charge is 0.466 e. The van der Waals surface area contributed by atoms with Crippen LogP contribution in [0.3, 0.4) is 0 Å². The van der Waals surface area contributed by atoms with Crippen LogP contribution in [0.5, 0.6) is 0 Å². The zero-order valence-electron chi connectivity index (χ0n) is 9.75. The van der Waals surface area contributed by atoms with Gasteiger partial charge < -0.3 is 9.73 Å². The third kappa shape index (κ3) is 2.43. The number of rotatable bonds is 3. The summed E-state index contributed by atoms with van der Waals surface area (Å²) < 4.78 is 5.95. The summed E-state index contributed by atoms with van der Waals surface area (Å²) in [4.78, 5) is 0. The van der Waals surface area contributed by atoms with Crippen LogP contribution in [-0.2, 0) is 0 Å². The fourth-order valence-corrected chi connectivity index (χ4v) is 2.16. The maximum Gasteiger partial charge on any atom is 0.107 e. The Morgan fingerprint density at radius 3 is 2.80 bits per heavy atom. The Bertz CT molecular complexity index is 299. The summed E-state index contributed by atoms with van der Waals surface area (Å²) in [5.41, 5.74) is 0. The molecule has 0 radical (unpaired) electrons. The number of hydrogen-bond donors (Lipinski definition) is 1. The van der Waals surface area contributed by atoms with E-state index < -0.39 is 0 Å². The molecule has 1 aliphatic rings. The summed E-state index contributed by atoms with van der Waals surface area (Å²) in [5.74, 6) is 3.56. The molecule has 0 bridgehead atoms. The zero-order valence-corrected chi connectivity index (χ0v) is 9.75. The van der Waals surface area contributed by atoms with Gasteiger partial charge in [0.25, 0.3) is 0 Å². The second kappa shape index (κ2) is 4.84. The molecule has 2 heterocycles. The number of furan rings is 1. The third-order valence-electron chi connectivity index (χ3n) is 3.49. The van der Waals surface area contributed by atoms with Crippen molar-refractivity contribution in [3.8, 4) is 0 Å². The lowest BCUT2D eigenvalue weighted by atomic mass is 9.96. The minimum Gasteiger partial charge on any atom is -0.466 e.